The molecular formula is C20H29N5O4S. The van der Waals surface area contributed by atoms with E-state index in [4.69, 9.17) is 16.6 Å². The van der Waals surface area contributed by atoms with E-state index in [1.807, 2.05) is 0 Å². The third-order valence-electron chi connectivity index (χ3n) is 4.74. The van der Waals surface area contributed by atoms with Crippen molar-refractivity contribution in [2.24, 2.45) is 16.5 Å². The number of anilines is 1. The lowest BCUT2D eigenvalue weighted by Gasteiger charge is -2.20. The monoisotopic (exact) mass is 435 g/mol. The van der Waals surface area contributed by atoms with Crippen molar-refractivity contribution in [3.8, 4) is 0 Å². The number of amidine groups is 1. The van der Waals surface area contributed by atoms with Gasteiger partial charge in [-0.05, 0) is 57.0 Å². The fourth-order valence-corrected chi connectivity index (χ4v) is 4.93. The van der Waals surface area contributed by atoms with Gasteiger partial charge < -0.3 is 27.2 Å². The minimum atomic E-state index is -3.47. The number of benzene rings is 1. The molecule has 30 heavy (non-hydrogen) atoms. The standard InChI is InChI=1S/C20H29N5O4S/c1-13(2)30(28,29)20(8-9-20)17(12-14(3)21)25-18(22)15-4-6-16(7-5-15)24-19(27)23-10-11-26/h4-7,12-13,26H,3,8-11,21H2,1-2H3,(H2,22,25)(H2,23,24,27)/b17-12-. The molecule has 7 N–H and O–H groups in total. The molecule has 164 valence electrons. The molecule has 0 bridgehead atoms. The van der Waals surface area contributed by atoms with Crippen LogP contribution >= 0.6 is 0 Å². The molecule has 2 amide bonds. The molecule has 0 atom stereocenters. The van der Waals surface area contributed by atoms with Crippen LogP contribution in [0, 0.1) is 0 Å². The number of carbonyl (C=O) groups is 1. The number of rotatable bonds is 9. The van der Waals surface area contributed by atoms with Gasteiger partial charge in [-0.3, -0.25) is 0 Å². The number of carbonyl (C=O) groups excluding carboxylic acids is 1. The first-order valence-electron chi connectivity index (χ1n) is 9.54. The number of hydrogen-bond acceptors (Lipinski definition) is 6. The highest BCUT2D eigenvalue weighted by molar-refractivity contribution is 7.93. The summed E-state index contributed by atoms with van der Waals surface area (Å²) in [7, 11) is -3.47. The predicted octanol–water partition coefficient (Wildman–Crippen LogP) is 1.22. The van der Waals surface area contributed by atoms with Gasteiger partial charge in [0, 0.05) is 23.5 Å². The molecule has 1 aromatic rings. The molecule has 0 unspecified atom stereocenters. The van der Waals surface area contributed by atoms with E-state index in [9.17, 15) is 13.2 Å². The molecule has 10 heteroatoms. The van der Waals surface area contributed by atoms with Crippen molar-refractivity contribution in [2.45, 2.75) is 36.7 Å². The first-order chi connectivity index (χ1) is 14.0. The van der Waals surface area contributed by atoms with Crippen LogP contribution in [0.1, 0.15) is 32.3 Å². The Labute approximate surface area is 176 Å². The van der Waals surface area contributed by atoms with Crippen molar-refractivity contribution in [3.63, 3.8) is 0 Å². The van der Waals surface area contributed by atoms with E-state index in [1.54, 1.807) is 38.1 Å². The van der Waals surface area contributed by atoms with Crippen LogP contribution in [0.15, 0.2) is 53.3 Å². The molecule has 2 rings (SSSR count). The molecule has 1 saturated carbocycles. The second-order valence-corrected chi connectivity index (χ2v) is 10.2. The lowest BCUT2D eigenvalue weighted by molar-refractivity contribution is 0.245. The van der Waals surface area contributed by atoms with E-state index in [1.165, 1.54) is 6.08 Å². The molecule has 0 spiro atoms. The maximum Gasteiger partial charge on any atom is 0.319 e. The number of nitrogens with two attached hydrogens (primary N) is 2. The van der Waals surface area contributed by atoms with Gasteiger partial charge >= 0.3 is 6.03 Å². The van der Waals surface area contributed by atoms with E-state index in [-0.39, 0.29) is 30.4 Å². The molecule has 9 nitrogen and oxygen atoms in total. The van der Waals surface area contributed by atoms with Crippen LogP contribution in [0.5, 0.6) is 0 Å². The Hall–Kier alpha value is -2.85. The summed E-state index contributed by atoms with van der Waals surface area (Å²) in [6, 6.07) is 6.15. The van der Waals surface area contributed by atoms with Crippen LogP contribution in [-0.4, -0.2) is 48.5 Å². The van der Waals surface area contributed by atoms with Gasteiger partial charge in [-0.2, -0.15) is 0 Å². The zero-order valence-corrected chi connectivity index (χ0v) is 18.0. The smallest absolute Gasteiger partial charge is 0.319 e. The topological polar surface area (TPSA) is 160 Å². The number of hydrogen-bond donors (Lipinski definition) is 5. The van der Waals surface area contributed by atoms with Crippen LogP contribution in [0.4, 0.5) is 10.5 Å². The SMILES string of the molecule is C=C(N)/C=C(\N=C(/N)c1ccc(NC(=O)NCCO)cc1)C1(S(=O)(=O)C(C)C)CC1. The number of amides is 2. The average molecular weight is 436 g/mol. The van der Waals surface area contributed by atoms with E-state index >= 15 is 0 Å². The van der Waals surface area contributed by atoms with Crippen LogP contribution in [0.25, 0.3) is 0 Å². The molecule has 0 radical (unpaired) electrons. The van der Waals surface area contributed by atoms with Crippen molar-refractivity contribution < 1.29 is 18.3 Å². The number of nitrogens with zero attached hydrogens (tertiary/aromatic N) is 1. The fraction of sp³-hybridized carbons (Fsp3) is 0.400. The molecule has 0 aliphatic heterocycles. The molecule has 0 heterocycles. The first-order valence-corrected chi connectivity index (χ1v) is 11.1. The molecule has 1 aliphatic rings. The zero-order chi connectivity index (χ0) is 22.5. The van der Waals surface area contributed by atoms with Crippen LogP contribution in [-0.2, 0) is 9.84 Å². The minimum Gasteiger partial charge on any atom is -0.399 e. The predicted molar refractivity (Wildman–Crippen MR) is 119 cm³/mol. The Balaban J connectivity index is 2.28. The van der Waals surface area contributed by atoms with E-state index in [2.05, 4.69) is 22.2 Å². The highest BCUT2D eigenvalue weighted by atomic mass is 32.2. The van der Waals surface area contributed by atoms with Crippen molar-refractivity contribution in [1.82, 2.24) is 5.32 Å². The Bertz CT molecular complexity index is 961. The number of sulfone groups is 1. The van der Waals surface area contributed by atoms with E-state index < -0.39 is 25.9 Å². The Morgan fingerprint density at radius 3 is 2.37 bits per heavy atom. The lowest BCUT2D eigenvalue weighted by atomic mass is 10.2. The highest BCUT2D eigenvalue weighted by Crippen LogP contribution is 2.51. The average Bonchev–Trinajstić information content (AvgIpc) is 3.48. The van der Waals surface area contributed by atoms with Crippen LogP contribution < -0.4 is 22.1 Å². The molecular weight excluding hydrogens is 406 g/mol. The molecule has 0 aromatic heterocycles. The van der Waals surface area contributed by atoms with Gasteiger partial charge in [-0.15, -0.1) is 0 Å². The number of urea groups is 1. The Morgan fingerprint density at radius 1 is 1.30 bits per heavy atom. The summed E-state index contributed by atoms with van der Waals surface area (Å²) in [5, 5.41) is 13.3. The number of aliphatic hydroxyl groups excluding tert-OH is 1. The van der Waals surface area contributed by atoms with Crippen molar-refractivity contribution in [2.75, 3.05) is 18.5 Å². The van der Waals surface area contributed by atoms with Crippen LogP contribution in [0.2, 0.25) is 0 Å². The quantitative estimate of drug-likeness (QED) is 0.223. The maximum atomic E-state index is 12.9. The molecule has 1 aliphatic carbocycles. The van der Waals surface area contributed by atoms with Gasteiger partial charge in [0.2, 0.25) is 0 Å². The van der Waals surface area contributed by atoms with Gasteiger partial charge in [0.15, 0.2) is 9.84 Å². The second-order valence-electron chi connectivity index (χ2n) is 7.37. The Morgan fingerprint density at radius 2 is 1.90 bits per heavy atom. The van der Waals surface area contributed by atoms with Crippen molar-refractivity contribution in [3.05, 3.63) is 53.9 Å². The number of aliphatic hydroxyl groups is 1. The van der Waals surface area contributed by atoms with Gasteiger partial charge in [-0.25, -0.2) is 18.2 Å². The van der Waals surface area contributed by atoms with Gasteiger partial charge in [0.25, 0.3) is 0 Å². The van der Waals surface area contributed by atoms with Crippen LogP contribution in [0.3, 0.4) is 0 Å². The number of allylic oxidation sites excluding steroid dienone is 1. The van der Waals surface area contributed by atoms with E-state index in [0.29, 0.717) is 24.1 Å². The van der Waals surface area contributed by atoms with E-state index in [0.717, 1.165) is 0 Å². The largest absolute Gasteiger partial charge is 0.399 e. The summed E-state index contributed by atoms with van der Waals surface area (Å²) in [4.78, 5) is 16.0. The third kappa shape index (κ3) is 5.19. The van der Waals surface area contributed by atoms with Gasteiger partial charge in [0.05, 0.1) is 17.6 Å². The summed E-state index contributed by atoms with van der Waals surface area (Å²) in [6.45, 7) is 6.91. The number of aliphatic imine (C=N–C) groups is 1. The molecule has 0 saturated heterocycles. The van der Waals surface area contributed by atoms with Crippen molar-refractivity contribution in [1.29, 1.82) is 0 Å². The van der Waals surface area contributed by atoms with Gasteiger partial charge in [-0.1, -0.05) is 6.58 Å². The molecule has 1 aromatic carbocycles. The molecule has 1 fully saturated rings. The maximum absolute atomic E-state index is 12.9. The third-order valence-corrected chi connectivity index (χ3v) is 7.68. The summed E-state index contributed by atoms with van der Waals surface area (Å²) in [5.74, 6) is 0.129. The highest BCUT2D eigenvalue weighted by Gasteiger charge is 2.58. The van der Waals surface area contributed by atoms with Gasteiger partial charge in [0.1, 0.15) is 10.6 Å². The lowest BCUT2D eigenvalue weighted by Crippen LogP contribution is -2.33. The first kappa shape index (κ1) is 23.4. The summed E-state index contributed by atoms with van der Waals surface area (Å²) >= 11 is 0. The minimum absolute atomic E-state index is 0.129. The fourth-order valence-electron chi connectivity index (χ4n) is 2.96. The Kier molecular flexibility index (Phi) is 7.27. The normalized spacial score (nSPS) is 16.3. The summed E-state index contributed by atoms with van der Waals surface area (Å²) in [6.07, 6.45) is 2.37. The number of nitrogens with one attached hydrogen (secondary N) is 2. The van der Waals surface area contributed by atoms with Crippen molar-refractivity contribution >= 4 is 27.4 Å². The second kappa shape index (κ2) is 9.31. The summed E-state index contributed by atoms with van der Waals surface area (Å²) < 4.78 is 24.7. The summed E-state index contributed by atoms with van der Waals surface area (Å²) in [5.41, 5.74) is 13.4. The zero-order valence-electron chi connectivity index (χ0n) is 17.2.